The Morgan fingerprint density at radius 2 is 1.63 bits per heavy atom. The van der Waals surface area contributed by atoms with E-state index in [1.54, 1.807) is 26.3 Å². The van der Waals surface area contributed by atoms with Crippen molar-refractivity contribution < 1.29 is 4.79 Å². The fourth-order valence-electron chi connectivity index (χ4n) is 4.47. The molecule has 46 heavy (non-hydrogen) atoms. The zero-order chi connectivity index (χ0) is 35.3. The Balaban J connectivity index is 5.38. The summed E-state index contributed by atoms with van der Waals surface area (Å²) in [6, 6.07) is 0. The number of allylic oxidation sites excluding steroid dienone is 13. The average Bonchev–Trinajstić information content (AvgIpc) is 2.95. The van der Waals surface area contributed by atoms with Gasteiger partial charge in [0, 0.05) is 55.2 Å². The van der Waals surface area contributed by atoms with Gasteiger partial charge in [-0.25, -0.2) is 0 Å². The van der Waals surface area contributed by atoms with Crippen molar-refractivity contribution in [2.75, 3.05) is 7.05 Å². The number of aliphatic imine (C=N–C) groups is 2. The first-order valence-electron chi connectivity index (χ1n) is 16.6. The summed E-state index contributed by atoms with van der Waals surface area (Å²) in [5, 5.41) is 16.3. The number of Topliss-reactive ketones (excluding diaryl/α,β-unsaturated/α-hetero) is 1. The van der Waals surface area contributed by atoms with E-state index < -0.39 is 0 Å². The van der Waals surface area contributed by atoms with Crippen molar-refractivity contribution in [3.05, 3.63) is 94.8 Å². The van der Waals surface area contributed by atoms with Gasteiger partial charge in [-0.3, -0.25) is 14.8 Å². The number of hydrogen-bond donors (Lipinski definition) is 2. The monoisotopic (exact) mass is 626 g/mol. The van der Waals surface area contributed by atoms with E-state index >= 15 is 0 Å². The highest BCUT2D eigenvalue weighted by Gasteiger charge is 2.10. The molecule has 0 aliphatic carbocycles. The molecular formula is C41H62N4O. The Morgan fingerprint density at radius 1 is 0.957 bits per heavy atom. The van der Waals surface area contributed by atoms with Gasteiger partial charge in [-0.2, -0.15) is 0 Å². The van der Waals surface area contributed by atoms with Gasteiger partial charge in [0.15, 0.2) is 0 Å². The van der Waals surface area contributed by atoms with Crippen molar-refractivity contribution in [1.82, 2.24) is 0 Å². The number of nitrogens with zero attached hydrogens (tertiary/aromatic N) is 2. The van der Waals surface area contributed by atoms with Crippen molar-refractivity contribution in [1.29, 1.82) is 10.8 Å². The number of nitrogens with one attached hydrogen (secondary N) is 2. The van der Waals surface area contributed by atoms with E-state index in [1.165, 1.54) is 0 Å². The molecule has 0 amide bonds. The van der Waals surface area contributed by atoms with Crippen LogP contribution in [-0.4, -0.2) is 36.2 Å². The van der Waals surface area contributed by atoms with Crippen LogP contribution in [0.4, 0.5) is 0 Å². The Labute approximate surface area is 281 Å². The molecular weight excluding hydrogens is 564 g/mol. The fraction of sp³-hybridized carbons (Fsp3) is 0.488. The van der Waals surface area contributed by atoms with Gasteiger partial charge in [-0.05, 0) is 108 Å². The highest BCUT2D eigenvalue weighted by Crippen LogP contribution is 2.24. The largest absolute Gasteiger partial charge is 0.309 e. The highest BCUT2D eigenvalue weighted by atomic mass is 16.1. The lowest BCUT2D eigenvalue weighted by Crippen LogP contribution is -2.07. The third-order valence-electron chi connectivity index (χ3n) is 7.37. The summed E-state index contributed by atoms with van der Waals surface area (Å²) in [5.41, 5.74) is 7.99. The Bertz CT molecular complexity index is 1330. The molecule has 1 atom stereocenters. The van der Waals surface area contributed by atoms with E-state index in [1.807, 2.05) is 45.9 Å². The van der Waals surface area contributed by atoms with Gasteiger partial charge in [0.1, 0.15) is 5.78 Å². The number of rotatable bonds is 20. The summed E-state index contributed by atoms with van der Waals surface area (Å²) in [6.07, 6.45) is 25.0. The molecule has 2 N–H and O–H groups in total. The van der Waals surface area contributed by atoms with Crippen molar-refractivity contribution in [3.8, 4) is 0 Å². The lowest BCUT2D eigenvalue weighted by atomic mass is 9.91. The number of ketones is 1. The van der Waals surface area contributed by atoms with Crippen LogP contribution in [0.15, 0.2) is 105 Å². The minimum absolute atomic E-state index is 0.0704. The van der Waals surface area contributed by atoms with Crippen LogP contribution in [0, 0.1) is 22.2 Å². The summed E-state index contributed by atoms with van der Waals surface area (Å²) in [6.45, 7) is 24.6. The molecule has 0 aliphatic rings. The molecule has 0 fully saturated rings. The molecule has 0 saturated heterocycles. The second-order valence-electron chi connectivity index (χ2n) is 13.3. The smallest absolute Gasteiger partial charge is 0.142 e. The Kier molecular flexibility index (Phi) is 20.9. The van der Waals surface area contributed by atoms with Crippen LogP contribution in [0.2, 0.25) is 0 Å². The first kappa shape index (κ1) is 42.3. The molecule has 0 aromatic carbocycles. The topological polar surface area (TPSA) is 89.5 Å². The van der Waals surface area contributed by atoms with Crippen LogP contribution in [0.5, 0.6) is 0 Å². The highest BCUT2D eigenvalue weighted by molar-refractivity contribution is 6.03. The van der Waals surface area contributed by atoms with Crippen LogP contribution < -0.4 is 0 Å². The minimum Gasteiger partial charge on any atom is -0.309 e. The molecule has 5 nitrogen and oxygen atoms in total. The lowest BCUT2D eigenvalue weighted by molar-refractivity contribution is -0.117. The second-order valence-corrected chi connectivity index (χ2v) is 13.3. The maximum Gasteiger partial charge on any atom is 0.142 e. The van der Waals surface area contributed by atoms with E-state index in [4.69, 9.17) is 10.8 Å². The number of carbonyl (C=O) groups excluding carboxylic acids is 1. The van der Waals surface area contributed by atoms with Gasteiger partial charge in [0.05, 0.1) is 5.70 Å². The van der Waals surface area contributed by atoms with E-state index in [9.17, 15) is 4.79 Å². The molecule has 0 heterocycles. The quantitative estimate of drug-likeness (QED) is 0.0785. The predicted octanol–water partition coefficient (Wildman–Crippen LogP) is 11.5. The van der Waals surface area contributed by atoms with Crippen LogP contribution in [-0.2, 0) is 4.79 Å². The first-order chi connectivity index (χ1) is 21.5. The third kappa shape index (κ3) is 20.3. The van der Waals surface area contributed by atoms with E-state index in [0.29, 0.717) is 30.2 Å². The molecule has 1 unspecified atom stereocenters. The molecule has 0 rings (SSSR count). The predicted molar refractivity (Wildman–Crippen MR) is 205 cm³/mol. The van der Waals surface area contributed by atoms with Crippen molar-refractivity contribution in [2.45, 2.75) is 114 Å². The molecule has 252 valence electrons. The molecule has 0 bridgehead atoms. The normalized spacial score (nSPS) is 15.4. The van der Waals surface area contributed by atoms with Crippen molar-refractivity contribution >= 4 is 29.1 Å². The molecule has 0 aromatic heterocycles. The summed E-state index contributed by atoms with van der Waals surface area (Å²) in [4.78, 5) is 21.6. The van der Waals surface area contributed by atoms with Crippen LogP contribution in [0.25, 0.3) is 0 Å². The molecule has 0 saturated carbocycles. The number of carbonyl (C=O) groups is 1. The van der Waals surface area contributed by atoms with E-state index in [2.05, 4.69) is 81.6 Å². The molecule has 0 spiro atoms. The first-order valence-corrected chi connectivity index (χ1v) is 16.6. The maximum absolute atomic E-state index is 12.7. The summed E-state index contributed by atoms with van der Waals surface area (Å²) < 4.78 is 0. The van der Waals surface area contributed by atoms with E-state index in [-0.39, 0.29) is 17.6 Å². The SMILES string of the molecule is C=C(C)/C(C)=C(/C=C\C(C)=N)C(=C/C(C)=CCCC(C=CCC(=O)CC(=N)CC(C=CCC(C)(C)C)=CC(C)=NC)CC)\N=CC. The average molecular weight is 627 g/mol. The minimum atomic E-state index is 0.0704. The van der Waals surface area contributed by atoms with Gasteiger partial charge < -0.3 is 10.8 Å². The van der Waals surface area contributed by atoms with Crippen molar-refractivity contribution in [3.63, 3.8) is 0 Å². The molecule has 0 radical (unpaired) electrons. The lowest BCUT2D eigenvalue weighted by Gasteiger charge is -2.14. The fourth-order valence-corrected chi connectivity index (χ4v) is 4.47. The summed E-state index contributed by atoms with van der Waals surface area (Å²) in [7, 11) is 1.76. The molecule has 5 heteroatoms. The van der Waals surface area contributed by atoms with Gasteiger partial charge in [0.2, 0.25) is 0 Å². The Hall–Kier alpha value is -3.73. The van der Waals surface area contributed by atoms with Crippen molar-refractivity contribution in [2.24, 2.45) is 21.3 Å². The standard InChI is InChI=1S/C41H62N4O/c1-13-35(19-15-18-31(5)26-40(45-14-2)39(24-23-32(6)42)34(8)30(3)4)20-16-22-38(46)29-37(43)28-36(27-33(7)44-12)21-17-25-41(9,10)11/h14,16-18,20-21,23-24,26-27,35,42-43H,3,13,15,19,22,25,28-29H2,1-2,4-12H3/b20-16?,21-17?,24-23-,31-18?,36-27?,39-34-,40-26+,42-32?,43-37?,44-33?,45-14?. The zero-order valence-electron chi connectivity index (χ0n) is 30.8. The van der Waals surface area contributed by atoms with Crippen LogP contribution >= 0.6 is 0 Å². The van der Waals surface area contributed by atoms with Gasteiger partial charge in [-0.1, -0.05) is 81.9 Å². The van der Waals surface area contributed by atoms with Crippen LogP contribution in [0.3, 0.4) is 0 Å². The zero-order valence-corrected chi connectivity index (χ0v) is 30.8. The maximum atomic E-state index is 12.7. The third-order valence-corrected chi connectivity index (χ3v) is 7.37. The van der Waals surface area contributed by atoms with Gasteiger partial charge >= 0.3 is 0 Å². The van der Waals surface area contributed by atoms with E-state index in [0.717, 1.165) is 65.0 Å². The van der Waals surface area contributed by atoms with Gasteiger partial charge in [-0.15, -0.1) is 0 Å². The molecule has 0 aliphatic heterocycles. The van der Waals surface area contributed by atoms with Gasteiger partial charge in [0.25, 0.3) is 0 Å². The summed E-state index contributed by atoms with van der Waals surface area (Å²) >= 11 is 0. The van der Waals surface area contributed by atoms with Crippen LogP contribution in [0.1, 0.15) is 114 Å². The summed E-state index contributed by atoms with van der Waals surface area (Å²) in [5.74, 6) is 0.452. The second kappa shape index (κ2) is 22.7. The Morgan fingerprint density at radius 3 is 2.17 bits per heavy atom. The molecule has 0 aromatic rings. The number of hydrogen-bond acceptors (Lipinski definition) is 5.